The maximum atomic E-state index is 11.5. The number of carbonyl (C=O) groups is 3. The fourth-order valence-corrected chi connectivity index (χ4v) is 2.55. The summed E-state index contributed by atoms with van der Waals surface area (Å²) in [4.78, 5) is 34.0. The van der Waals surface area contributed by atoms with Gasteiger partial charge < -0.3 is 33.5 Å². The quantitative estimate of drug-likeness (QED) is 0.451. The Morgan fingerprint density at radius 2 is 1.52 bits per heavy atom. The van der Waals surface area contributed by atoms with Crippen LogP contribution in [0.2, 0.25) is 0 Å². The van der Waals surface area contributed by atoms with Crippen LogP contribution in [-0.2, 0) is 42.8 Å². The van der Waals surface area contributed by atoms with E-state index in [9.17, 15) is 19.5 Å². The molecule has 1 aliphatic heterocycles. The Balaban J connectivity index is 3.15. The minimum absolute atomic E-state index is 0.217. The molecule has 0 aliphatic carbocycles. The van der Waals surface area contributed by atoms with Gasteiger partial charge in [0.05, 0.1) is 0 Å². The molecule has 1 saturated heterocycles. The molecular weight excluding hydrogens is 340 g/mol. The van der Waals surface area contributed by atoms with E-state index in [0.29, 0.717) is 0 Å². The zero-order chi connectivity index (χ0) is 19.1. The highest BCUT2D eigenvalue weighted by molar-refractivity contribution is 5.67. The van der Waals surface area contributed by atoms with Crippen molar-refractivity contribution in [2.45, 2.75) is 57.6 Å². The Hall–Kier alpha value is -1.75. The molecule has 0 aromatic rings. The molecule has 1 fully saturated rings. The van der Waals surface area contributed by atoms with E-state index < -0.39 is 54.7 Å². The van der Waals surface area contributed by atoms with Gasteiger partial charge in [-0.05, 0) is 0 Å². The summed E-state index contributed by atoms with van der Waals surface area (Å²) in [6.45, 7) is 3.34. The van der Waals surface area contributed by atoms with E-state index in [1.165, 1.54) is 35.0 Å². The van der Waals surface area contributed by atoms with Crippen LogP contribution >= 0.6 is 0 Å². The Labute approximate surface area is 145 Å². The predicted molar refractivity (Wildman–Crippen MR) is 80.2 cm³/mol. The Morgan fingerprint density at radius 1 is 0.960 bits per heavy atom. The molecule has 6 unspecified atom stereocenters. The monoisotopic (exact) mass is 364 g/mol. The fourth-order valence-electron chi connectivity index (χ4n) is 2.55. The number of carbonyl (C=O) groups excluding carboxylic acids is 3. The van der Waals surface area contributed by atoms with Gasteiger partial charge in [0.2, 0.25) is 0 Å². The van der Waals surface area contributed by atoms with Gasteiger partial charge in [-0.2, -0.15) is 0 Å². The molecule has 0 radical (unpaired) electrons. The average molecular weight is 364 g/mol. The van der Waals surface area contributed by atoms with Crippen LogP contribution in [-0.4, -0.2) is 80.7 Å². The number of aliphatic hydroxyl groups is 1. The van der Waals surface area contributed by atoms with Crippen LogP contribution < -0.4 is 0 Å². The molecule has 0 bridgehead atoms. The van der Waals surface area contributed by atoms with Crippen LogP contribution in [0.4, 0.5) is 0 Å². The molecule has 0 aromatic carbocycles. The summed E-state index contributed by atoms with van der Waals surface area (Å²) in [7, 11) is 2.61. The third kappa shape index (κ3) is 5.92. The number of methoxy groups -OCH3 is 2. The minimum Gasteiger partial charge on any atom is -0.463 e. The molecule has 25 heavy (non-hydrogen) atoms. The standard InChI is InChI=1S/C15H24O10/c1-7(16)22-6-10(20-4)11-12(23-8(2)17)13(24-9(3)18)14(21-5)15(19)25-11/h10-15,19H,6H2,1-5H3. The van der Waals surface area contributed by atoms with Crippen molar-refractivity contribution in [3.63, 3.8) is 0 Å². The highest BCUT2D eigenvalue weighted by atomic mass is 16.7. The highest BCUT2D eigenvalue weighted by Gasteiger charge is 2.52. The number of hydrogen-bond acceptors (Lipinski definition) is 10. The van der Waals surface area contributed by atoms with Gasteiger partial charge in [-0.25, -0.2) is 0 Å². The second-order valence-corrected chi connectivity index (χ2v) is 5.42. The van der Waals surface area contributed by atoms with Crippen LogP contribution in [0, 0.1) is 0 Å². The number of hydrogen-bond donors (Lipinski definition) is 1. The van der Waals surface area contributed by atoms with Crippen molar-refractivity contribution < 1.29 is 47.9 Å². The Kier molecular flexibility index (Phi) is 8.23. The molecule has 0 spiro atoms. The maximum absolute atomic E-state index is 11.5. The van der Waals surface area contributed by atoms with Crippen LogP contribution in [0.1, 0.15) is 20.8 Å². The first kappa shape index (κ1) is 21.3. The molecule has 144 valence electrons. The molecule has 0 aromatic heterocycles. The zero-order valence-electron chi connectivity index (χ0n) is 14.8. The highest BCUT2D eigenvalue weighted by Crippen LogP contribution is 2.29. The smallest absolute Gasteiger partial charge is 0.303 e. The van der Waals surface area contributed by atoms with E-state index in [2.05, 4.69) is 0 Å². The minimum atomic E-state index is -1.49. The second-order valence-electron chi connectivity index (χ2n) is 5.42. The van der Waals surface area contributed by atoms with E-state index in [0.717, 1.165) is 0 Å². The number of aliphatic hydroxyl groups excluding tert-OH is 1. The fraction of sp³-hybridized carbons (Fsp3) is 0.800. The topological polar surface area (TPSA) is 127 Å². The molecule has 1 N–H and O–H groups in total. The van der Waals surface area contributed by atoms with Gasteiger partial charge in [-0.3, -0.25) is 14.4 Å². The van der Waals surface area contributed by atoms with Crippen molar-refractivity contribution in [2.24, 2.45) is 0 Å². The summed E-state index contributed by atoms with van der Waals surface area (Å²) < 4.78 is 31.1. The van der Waals surface area contributed by atoms with Crippen LogP contribution in [0.3, 0.4) is 0 Å². The summed E-state index contributed by atoms with van der Waals surface area (Å²) >= 11 is 0. The van der Waals surface area contributed by atoms with Crippen molar-refractivity contribution in [1.29, 1.82) is 0 Å². The van der Waals surface area contributed by atoms with Crippen molar-refractivity contribution in [2.75, 3.05) is 20.8 Å². The summed E-state index contributed by atoms with van der Waals surface area (Å²) in [5.74, 6) is -1.87. The lowest BCUT2D eigenvalue weighted by Gasteiger charge is -2.44. The molecule has 1 heterocycles. The first-order valence-electron chi connectivity index (χ1n) is 7.58. The van der Waals surface area contributed by atoms with E-state index in [1.54, 1.807) is 0 Å². The van der Waals surface area contributed by atoms with Gasteiger partial charge in [0.15, 0.2) is 18.5 Å². The lowest BCUT2D eigenvalue weighted by molar-refractivity contribution is -0.309. The summed E-state index contributed by atoms with van der Waals surface area (Å²) in [6.07, 6.45) is -6.82. The zero-order valence-corrected chi connectivity index (χ0v) is 14.8. The van der Waals surface area contributed by atoms with Crippen molar-refractivity contribution in [1.82, 2.24) is 0 Å². The molecule has 10 nitrogen and oxygen atoms in total. The lowest BCUT2D eigenvalue weighted by atomic mass is 9.94. The Bertz CT molecular complexity index is 479. The average Bonchev–Trinajstić information content (AvgIpc) is 2.50. The van der Waals surface area contributed by atoms with Gasteiger partial charge in [0.1, 0.15) is 24.9 Å². The summed E-state index contributed by atoms with van der Waals surface area (Å²) in [5, 5.41) is 10.2. The van der Waals surface area contributed by atoms with Gasteiger partial charge in [-0.15, -0.1) is 0 Å². The van der Waals surface area contributed by atoms with Crippen molar-refractivity contribution in [3.8, 4) is 0 Å². The van der Waals surface area contributed by atoms with Crippen molar-refractivity contribution in [3.05, 3.63) is 0 Å². The van der Waals surface area contributed by atoms with Gasteiger partial charge >= 0.3 is 17.9 Å². The SMILES string of the molecule is COC(COC(C)=O)C1OC(O)C(OC)C(OC(C)=O)C1OC(C)=O. The number of ether oxygens (including phenoxy) is 6. The molecule has 1 rings (SSSR count). The maximum Gasteiger partial charge on any atom is 0.303 e. The normalized spacial score (nSPS) is 30.2. The first-order valence-corrected chi connectivity index (χ1v) is 7.58. The molecule has 0 amide bonds. The van der Waals surface area contributed by atoms with E-state index in [1.807, 2.05) is 0 Å². The molecule has 10 heteroatoms. The van der Waals surface area contributed by atoms with Crippen LogP contribution in [0.5, 0.6) is 0 Å². The largest absolute Gasteiger partial charge is 0.463 e. The first-order chi connectivity index (χ1) is 11.7. The van der Waals surface area contributed by atoms with Crippen LogP contribution in [0.15, 0.2) is 0 Å². The van der Waals surface area contributed by atoms with Crippen LogP contribution in [0.25, 0.3) is 0 Å². The summed E-state index contributed by atoms with van der Waals surface area (Å²) in [6, 6.07) is 0. The van der Waals surface area contributed by atoms with E-state index in [-0.39, 0.29) is 6.61 Å². The number of rotatable bonds is 7. The number of esters is 3. The van der Waals surface area contributed by atoms with Gasteiger partial charge in [0.25, 0.3) is 0 Å². The molecule has 6 atom stereocenters. The molecule has 1 aliphatic rings. The molecule has 0 saturated carbocycles. The third-order valence-corrected chi connectivity index (χ3v) is 3.55. The van der Waals surface area contributed by atoms with Crippen molar-refractivity contribution >= 4 is 17.9 Å². The lowest BCUT2D eigenvalue weighted by Crippen LogP contribution is -2.64. The second kappa shape index (κ2) is 9.66. The summed E-state index contributed by atoms with van der Waals surface area (Å²) in [5.41, 5.74) is 0. The molecular formula is C15H24O10. The third-order valence-electron chi connectivity index (χ3n) is 3.55. The van der Waals surface area contributed by atoms with Gasteiger partial charge in [0, 0.05) is 35.0 Å². The van der Waals surface area contributed by atoms with E-state index >= 15 is 0 Å². The van der Waals surface area contributed by atoms with Gasteiger partial charge in [-0.1, -0.05) is 0 Å². The predicted octanol–water partition coefficient (Wildman–Crippen LogP) is -0.840. The van der Waals surface area contributed by atoms with E-state index in [4.69, 9.17) is 28.4 Å². The Morgan fingerprint density at radius 3 is 1.96 bits per heavy atom.